The van der Waals surface area contributed by atoms with E-state index in [1.165, 1.54) is 12.8 Å². The van der Waals surface area contributed by atoms with Crippen molar-refractivity contribution in [3.8, 4) is 17.0 Å². The van der Waals surface area contributed by atoms with Crippen molar-refractivity contribution >= 4 is 24.8 Å². The van der Waals surface area contributed by atoms with Gasteiger partial charge in [0.1, 0.15) is 19.4 Å². The van der Waals surface area contributed by atoms with E-state index in [-0.39, 0.29) is 5.75 Å². The van der Waals surface area contributed by atoms with Crippen LogP contribution >= 0.6 is 0 Å². The van der Waals surface area contributed by atoms with Crippen LogP contribution in [-0.2, 0) is 0 Å². The van der Waals surface area contributed by atoms with Crippen molar-refractivity contribution in [2.24, 2.45) is 5.92 Å². The number of anilines is 1. The van der Waals surface area contributed by atoms with Gasteiger partial charge in [-0.05, 0) is 36.4 Å². The highest BCUT2D eigenvalue weighted by Crippen LogP contribution is 2.31. The van der Waals surface area contributed by atoms with Crippen molar-refractivity contribution in [1.82, 2.24) is 14.6 Å². The minimum Gasteiger partial charge on any atom is -0.507 e. The quantitative estimate of drug-likeness (QED) is 0.718. The molecule has 2 N–H and O–H groups in total. The standard InChI is InChI=1S/C16H15BN4O/c17-12-9-19-21-15(18-8-10-5-6-10)7-13(20-16(12)21)11-3-1-2-4-14(11)22/h1-4,7,9-10,18,22H,5-6,8H2. The molecule has 5 nitrogen and oxygen atoms in total. The first-order valence-corrected chi connectivity index (χ1v) is 7.39. The minimum atomic E-state index is 0.200. The molecule has 0 aliphatic heterocycles. The number of nitrogens with zero attached hydrogens (tertiary/aromatic N) is 3. The molecule has 1 aromatic carbocycles. The van der Waals surface area contributed by atoms with Gasteiger partial charge in [-0.3, -0.25) is 0 Å². The number of nitrogens with one attached hydrogen (secondary N) is 1. The van der Waals surface area contributed by atoms with Crippen molar-refractivity contribution in [1.29, 1.82) is 0 Å². The lowest BCUT2D eigenvalue weighted by atomic mass is 10.0. The maximum Gasteiger partial charge on any atom is 0.150 e. The number of para-hydroxylation sites is 1. The number of fused-ring (bicyclic) bond motifs is 1. The Morgan fingerprint density at radius 1 is 1.32 bits per heavy atom. The number of rotatable bonds is 4. The summed E-state index contributed by atoms with van der Waals surface area (Å²) in [5.41, 5.74) is 2.47. The van der Waals surface area contributed by atoms with Gasteiger partial charge in [0.25, 0.3) is 0 Å². The van der Waals surface area contributed by atoms with Crippen LogP contribution in [0.5, 0.6) is 5.75 Å². The van der Waals surface area contributed by atoms with Gasteiger partial charge in [0.15, 0.2) is 5.65 Å². The number of hydrogen-bond donors (Lipinski definition) is 2. The Labute approximate surface area is 129 Å². The molecule has 2 aromatic heterocycles. The van der Waals surface area contributed by atoms with Crippen molar-refractivity contribution < 1.29 is 5.11 Å². The van der Waals surface area contributed by atoms with Crippen molar-refractivity contribution in [3.05, 3.63) is 36.5 Å². The average molecular weight is 290 g/mol. The molecule has 1 aliphatic carbocycles. The van der Waals surface area contributed by atoms with Crippen LogP contribution in [0, 0.1) is 5.92 Å². The molecule has 0 atom stereocenters. The second-order valence-electron chi connectivity index (χ2n) is 5.70. The molecule has 0 spiro atoms. The predicted octanol–water partition coefficient (Wildman–Crippen LogP) is 1.72. The summed E-state index contributed by atoms with van der Waals surface area (Å²) in [4.78, 5) is 4.54. The molecule has 0 unspecified atom stereocenters. The van der Waals surface area contributed by atoms with E-state index in [9.17, 15) is 5.11 Å². The van der Waals surface area contributed by atoms with Crippen LogP contribution in [0.4, 0.5) is 5.82 Å². The molecule has 6 heteroatoms. The van der Waals surface area contributed by atoms with Crippen LogP contribution < -0.4 is 10.8 Å². The van der Waals surface area contributed by atoms with Gasteiger partial charge in [-0.25, -0.2) is 4.98 Å². The lowest BCUT2D eigenvalue weighted by Gasteiger charge is -2.11. The molecule has 108 valence electrons. The summed E-state index contributed by atoms with van der Waals surface area (Å²) >= 11 is 0. The maximum absolute atomic E-state index is 10.1. The number of benzene rings is 1. The zero-order valence-corrected chi connectivity index (χ0v) is 12.0. The number of phenolic OH excluding ortho intramolecular Hbond substituents is 1. The van der Waals surface area contributed by atoms with Gasteiger partial charge in [0.2, 0.25) is 0 Å². The topological polar surface area (TPSA) is 62.5 Å². The Bertz CT molecular complexity index is 841. The molecule has 2 heterocycles. The molecule has 1 aliphatic rings. The summed E-state index contributed by atoms with van der Waals surface area (Å²) in [5.74, 6) is 1.78. The van der Waals surface area contributed by atoms with Crippen molar-refractivity contribution in [2.45, 2.75) is 12.8 Å². The molecule has 3 aromatic rings. The fourth-order valence-corrected chi connectivity index (χ4v) is 2.50. The van der Waals surface area contributed by atoms with Crippen molar-refractivity contribution in [3.63, 3.8) is 0 Å². The monoisotopic (exact) mass is 290 g/mol. The van der Waals surface area contributed by atoms with E-state index in [4.69, 9.17) is 7.85 Å². The summed E-state index contributed by atoms with van der Waals surface area (Å²) in [7, 11) is 5.96. The molecule has 1 fully saturated rings. The van der Waals surface area contributed by atoms with Gasteiger partial charge in [0, 0.05) is 24.4 Å². The first kappa shape index (κ1) is 13.2. The highest BCUT2D eigenvalue weighted by atomic mass is 16.3. The van der Waals surface area contributed by atoms with E-state index in [1.807, 2.05) is 18.2 Å². The molecule has 22 heavy (non-hydrogen) atoms. The van der Waals surface area contributed by atoms with E-state index < -0.39 is 0 Å². The first-order chi connectivity index (χ1) is 10.7. The number of aromatic nitrogens is 3. The van der Waals surface area contributed by atoms with Crippen LogP contribution in [-0.4, -0.2) is 34.1 Å². The van der Waals surface area contributed by atoms with E-state index in [1.54, 1.807) is 22.8 Å². The summed E-state index contributed by atoms with van der Waals surface area (Å²) < 4.78 is 1.71. The third kappa shape index (κ3) is 2.30. The van der Waals surface area contributed by atoms with Crippen molar-refractivity contribution in [2.75, 3.05) is 11.9 Å². The Kier molecular flexibility index (Phi) is 3.03. The lowest BCUT2D eigenvalue weighted by Crippen LogP contribution is -2.11. The minimum absolute atomic E-state index is 0.200. The molecular formula is C16H15BN4O. The van der Waals surface area contributed by atoms with Crippen LogP contribution in [0.15, 0.2) is 36.5 Å². The Balaban J connectivity index is 1.84. The number of aromatic hydroxyl groups is 1. The molecule has 0 amide bonds. The first-order valence-electron chi connectivity index (χ1n) is 7.39. The third-order valence-electron chi connectivity index (χ3n) is 3.95. The lowest BCUT2D eigenvalue weighted by molar-refractivity contribution is 0.477. The smallest absolute Gasteiger partial charge is 0.150 e. The summed E-state index contributed by atoms with van der Waals surface area (Å²) in [6.45, 7) is 0.916. The number of hydrogen-bond acceptors (Lipinski definition) is 4. The van der Waals surface area contributed by atoms with E-state index in [0.29, 0.717) is 22.4 Å². The van der Waals surface area contributed by atoms with Crippen LogP contribution in [0.25, 0.3) is 16.9 Å². The highest BCUT2D eigenvalue weighted by Gasteiger charge is 2.21. The molecule has 2 radical (unpaired) electrons. The fraction of sp³-hybridized carbons (Fsp3) is 0.250. The zero-order valence-electron chi connectivity index (χ0n) is 12.0. The zero-order chi connectivity index (χ0) is 15.1. The molecule has 1 saturated carbocycles. The van der Waals surface area contributed by atoms with Crippen LogP contribution in [0.2, 0.25) is 0 Å². The summed E-state index contributed by atoms with van der Waals surface area (Å²) in [6.07, 6.45) is 4.14. The Hall–Kier alpha value is -2.50. The Morgan fingerprint density at radius 2 is 2.14 bits per heavy atom. The molecular weight excluding hydrogens is 275 g/mol. The van der Waals surface area contributed by atoms with Gasteiger partial charge >= 0.3 is 0 Å². The normalized spacial score (nSPS) is 14.4. The summed E-state index contributed by atoms with van der Waals surface area (Å²) in [6, 6.07) is 9.05. The SMILES string of the molecule is [B]c1cnn2c(NCC3CC3)cc(-c3ccccc3O)nc12. The fourth-order valence-electron chi connectivity index (χ4n) is 2.50. The van der Waals surface area contributed by atoms with Gasteiger partial charge in [0.05, 0.1) is 5.69 Å². The Morgan fingerprint density at radius 3 is 2.91 bits per heavy atom. The van der Waals surface area contributed by atoms with E-state index in [0.717, 1.165) is 18.3 Å². The van der Waals surface area contributed by atoms with Crippen LogP contribution in [0.1, 0.15) is 12.8 Å². The molecule has 4 rings (SSSR count). The van der Waals surface area contributed by atoms with Gasteiger partial charge < -0.3 is 10.4 Å². The van der Waals surface area contributed by atoms with E-state index >= 15 is 0 Å². The molecule has 0 saturated heterocycles. The molecule has 0 bridgehead atoms. The van der Waals surface area contributed by atoms with Gasteiger partial charge in [-0.1, -0.05) is 12.1 Å². The van der Waals surface area contributed by atoms with Gasteiger partial charge in [-0.15, -0.1) is 0 Å². The van der Waals surface area contributed by atoms with Gasteiger partial charge in [-0.2, -0.15) is 9.61 Å². The average Bonchev–Trinajstić information content (AvgIpc) is 3.28. The maximum atomic E-state index is 10.1. The van der Waals surface area contributed by atoms with E-state index in [2.05, 4.69) is 15.4 Å². The summed E-state index contributed by atoms with van der Waals surface area (Å²) in [5, 5.41) is 17.8. The third-order valence-corrected chi connectivity index (χ3v) is 3.95. The number of phenols is 1. The largest absolute Gasteiger partial charge is 0.507 e. The second-order valence-corrected chi connectivity index (χ2v) is 5.70. The second kappa shape index (κ2) is 5.05. The predicted molar refractivity (Wildman–Crippen MR) is 86.7 cm³/mol. The van der Waals surface area contributed by atoms with Crippen LogP contribution in [0.3, 0.4) is 0 Å². The highest BCUT2D eigenvalue weighted by molar-refractivity contribution is 6.36.